The number of esters is 1. The Morgan fingerprint density at radius 3 is 2.86 bits per heavy atom. The third kappa shape index (κ3) is 5.00. The molecule has 21 heavy (non-hydrogen) atoms. The standard InChI is InChI=1S/C14H23N3O4/c1-2-21-13(19)8-16-12(18)7-11-14(20)17(6-5-15-11)9-10-3-4-10/h10-11,15H,2-9H2,1H3,(H,16,18). The normalized spacial score (nSPS) is 22.0. The Morgan fingerprint density at radius 2 is 2.19 bits per heavy atom. The Labute approximate surface area is 124 Å². The van der Waals surface area contributed by atoms with Crippen LogP contribution in [0, 0.1) is 5.92 Å². The van der Waals surface area contributed by atoms with Crippen LogP contribution in [0.2, 0.25) is 0 Å². The van der Waals surface area contributed by atoms with Gasteiger partial charge in [0.05, 0.1) is 19.1 Å². The zero-order chi connectivity index (χ0) is 15.2. The molecule has 1 saturated heterocycles. The summed E-state index contributed by atoms with van der Waals surface area (Å²) in [6.45, 7) is 4.05. The second kappa shape index (κ2) is 7.40. The monoisotopic (exact) mass is 297 g/mol. The van der Waals surface area contributed by atoms with Gasteiger partial charge in [0.15, 0.2) is 0 Å². The molecule has 1 aliphatic heterocycles. The van der Waals surface area contributed by atoms with Crippen molar-refractivity contribution in [3.05, 3.63) is 0 Å². The Balaban J connectivity index is 1.73. The van der Waals surface area contributed by atoms with Crippen molar-refractivity contribution in [3.63, 3.8) is 0 Å². The highest BCUT2D eigenvalue weighted by atomic mass is 16.5. The van der Waals surface area contributed by atoms with Crippen LogP contribution in [0.1, 0.15) is 26.2 Å². The van der Waals surface area contributed by atoms with Crippen LogP contribution in [0.25, 0.3) is 0 Å². The highest BCUT2D eigenvalue weighted by Gasteiger charge is 2.33. The molecule has 0 aromatic carbocycles. The number of hydrogen-bond acceptors (Lipinski definition) is 5. The first kappa shape index (κ1) is 15.8. The second-order valence-corrected chi connectivity index (χ2v) is 5.52. The molecule has 0 bridgehead atoms. The van der Waals surface area contributed by atoms with Crippen LogP contribution in [0.15, 0.2) is 0 Å². The molecule has 1 atom stereocenters. The largest absolute Gasteiger partial charge is 0.465 e. The highest BCUT2D eigenvalue weighted by Crippen LogP contribution is 2.30. The van der Waals surface area contributed by atoms with Gasteiger partial charge >= 0.3 is 5.97 Å². The number of ether oxygens (including phenoxy) is 1. The van der Waals surface area contributed by atoms with E-state index in [4.69, 9.17) is 4.74 Å². The molecule has 1 aliphatic carbocycles. The van der Waals surface area contributed by atoms with Gasteiger partial charge in [0.25, 0.3) is 0 Å². The van der Waals surface area contributed by atoms with Gasteiger partial charge < -0.3 is 20.3 Å². The summed E-state index contributed by atoms with van der Waals surface area (Å²) in [4.78, 5) is 37.0. The molecule has 118 valence electrons. The van der Waals surface area contributed by atoms with Gasteiger partial charge in [0, 0.05) is 19.6 Å². The summed E-state index contributed by atoms with van der Waals surface area (Å²) in [5.41, 5.74) is 0. The maximum absolute atomic E-state index is 12.3. The molecule has 7 heteroatoms. The smallest absolute Gasteiger partial charge is 0.325 e. The average Bonchev–Trinajstić information content (AvgIpc) is 3.25. The third-order valence-electron chi connectivity index (χ3n) is 3.68. The summed E-state index contributed by atoms with van der Waals surface area (Å²) in [7, 11) is 0. The topological polar surface area (TPSA) is 87.7 Å². The molecule has 0 aromatic rings. The van der Waals surface area contributed by atoms with Crippen LogP contribution < -0.4 is 10.6 Å². The van der Waals surface area contributed by atoms with Crippen LogP contribution in [0.5, 0.6) is 0 Å². The molecular weight excluding hydrogens is 274 g/mol. The lowest BCUT2D eigenvalue weighted by molar-refractivity contribution is -0.143. The van der Waals surface area contributed by atoms with E-state index in [9.17, 15) is 14.4 Å². The molecule has 0 aromatic heterocycles. The molecule has 7 nitrogen and oxygen atoms in total. The van der Waals surface area contributed by atoms with Gasteiger partial charge in [0.2, 0.25) is 11.8 Å². The minimum Gasteiger partial charge on any atom is -0.465 e. The first-order chi connectivity index (χ1) is 10.1. The number of piperazine rings is 1. The predicted molar refractivity (Wildman–Crippen MR) is 75.4 cm³/mol. The molecule has 1 unspecified atom stereocenters. The van der Waals surface area contributed by atoms with Gasteiger partial charge in [-0.15, -0.1) is 0 Å². The van der Waals surface area contributed by atoms with E-state index in [0.29, 0.717) is 19.0 Å². The maximum Gasteiger partial charge on any atom is 0.325 e. The van der Waals surface area contributed by atoms with Crippen LogP contribution in [-0.2, 0) is 19.1 Å². The summed E-state index contributed by atoms with van der Waals surface area (Å²) in [6.07, 6.45) is 2.45. The lowest BCUT2D eigenvalue weighted by Crippen LogP contribution is -2.56. The fourth-order valence-electron chi connectivity index (χ4n) is 2.38. The van der Waals surface area contributed by atoms with Gasteiger partial charge in [-0.2, -0.15) is 0 Å². The van der Waals surface area contributed by atoms with E-state index in [2.05, 4.69) is 10.6 Å². The number of rotatable bonds is 7. The molecule has 0 spiro atoms. The molecule has 2 aliphatic rings. The van der Waals surface area contributed by atoms with Crippen LogP contribution in [0.3, 0.4) is 0 Å². The van der Waals surface area contributed by atoms with Crippen molar-refractivity contribution in [2.75, 3.05) is 32.8 Å². The minimum atomic E-state index is -0.486. The number of amides is 2. The van der Waals surface area contributed by atoms with Gasteiger partial charge in [-0.25, -0.2) is 0 Å². The number of hydrogen-bond donors (Lipinski definition) is 2. The fraction of sp³-hybridized carbons (Fsp3) is 0.786. The Bertz CT molecular complexity index is 409. The zero-order valence-corrected chi connectivity index (χ0v) is 12.4. The Kier molecular flexibility index (Phi) is 5.55. The van der Waals surface area contributed by atoms with Crippen molar-refractivity contribution in [2.24, 2.45) is 5.92 Å². The van der Waals surface area contributed by atoms with E-state index < -0.39 is 12.0 Å². The number of nitrogens with zero attached hydrogens (tertiary/aromatic N) is 1. The number of carbonyl (C=O) groups is 3. The summed E-state index contributed by atoms with van der Waals surface area (Å²) < 4.78 is 4.73. The van der Waals surface area contributed by atoms with Crippen molar-refractivity contribution >= 4 is 17.8 Å². The molecule has 1 heterocycles. The van der Waals surface area contributed by atoms with Crippen LogP contribution >= 0.6 is 0 Å². The summed E-state index contributed by atoms with van der Waals surface area (Å²) in [6, 6.07) is -0.486. The summed E-state index contributed by atoms with van der Waals surface area (Å²) >= 11 is 0. The lowest BCUT2D eigenvalue weighted by atomic mass is 10.1. The quantitative estimate of drug-likeness (QED) is 0.605. The second-order valence-electron chi connectivity index (χ2n) is 5.52. The first-order valence-corrected chi connectivity index (χ1v) is 7.54. The summed E-state index contributed by atoms with van der Waals surface area (Å²) in [5.74, 6) is -0.156. The first-order valence-electron chi connectivity index (χ1n) is 7.54. The van der Waals surface area contributed by atoms with E-state index in [1.807, 2.05) is 4.90 Å². The number of nitrogens with one attached hydrogen (secondary N) is 2. The van der Waals surface area contributed by atoms with E-state index in [1.54, 1.807) is 6.92 Å². The van der Waals surface area contributed by atoms with Crippen molar-refractivity contribution in [2.45, 2.75) is 32.2 Å². The third-order valence-corrected chi connectivity index (χ3v) is 3.68. The molecule has 2 N–H and O–H groups in total. The van der Waals surface area contributed by atoms with E-state index in [1.165, 1.54) is 12.8 Å². The lowest BCUT2D eigenvalue weighted by Gasteiger charge is -2.33. The predicted octanol–water partition coefficient (Wildman–Crippen LogP) is -0.734. The van der Waals surface area contributed by atoms with Gasteiger partial charge in [-0.05, 0) is 25.7 Å². The maximum atomic E-state index is 12.3. The van der Waals surface area contributed by atoms with Gasteiger partial charge in [0.1, 0.15) is 6.54 Å². The molecular formula is C14H23N3O4. The van der Waals surface area contributed by atoms with E-state index in [0.717, 1.165) is 6.54 Å². The van der Waals surface area contributed by atoms with E-state index in [-0.39, 0.29) is 31.4 Å². The highest BCUT2D eigenvalue weighted by molar-refractivity contribution is 5.90. The Hall–Kier alpha value is -1.63. The molecule has 1 saturated carbocycles. The average molecular weight is 297 g/mol. The Morgan fingerprint density at radius 1 is 1.43 bits per heavy atom. The van der Waals surface area contributed by atoms with Crippen molar-refractivity contribution in [3.8, 4) is 0 Å². The number of carbonyl (C=O) groups excluding carboxylic acids is 3. The van der Waals surface area contributed by atoms with E-state index >= 15 is 0 Å². The molecule has 2 amide bonds. The zero-order valence-electron chi connectivity index (χ0n) is 12.4. The van der Waals surface area contributed by atoms with Gasteiger partial charge in [-0.3, -0.25) is 14.4 Å². The van der Waals surface area contributed by atoms with Crippen LogP contribution in [0.4, 0.5) is 0 Å². The van der Waals surface area contributed by atoms with Crippen molar-refractivity contribution in [1.82, 2.24) is 15.5 Å². The van der Waals surface area contributed by atoms with Crippen LogP contribution in [-0.4, -0.2) is 61.5 Å². The minimum absolute atomic E-state index is 0.0144. The van der Waals surface area contributed by atoms with Crippen molar-refractivity contribution in [1.29, 1.82) is 0 Å². The SMILES string of the molecule is CCOC(=O)CNC(=O)CC1NCCN(CC2CC2)C1=O. The molecule has 2 fully saturated rings. The fourth-order valence-corrected chi connectivity index (χ4v) is 2.38. The van der Waals surface area contributed by atoms with Gasteiger partial charge in [-0.1, -0.05) is 0 Å². The van der Waals surface area contributed by atoms with Crippen molar-refractivity contribution < 1.29 is 19.1 Å². The molecule has 2 rings (SSSR count). The summed E-state index contributed by atoms with van der Waals surface area (Å²) in [5, 5.41) is 5.55. The molecule has 0 radical (unpaired) electrons.